The van der Waals surface area contributed by atoms with Gasteiger partial charge in [0.1, 0.15) is 22.5 Å². The van der Waals surface area contributed by atoms with Gasteiger partial charge in [0, 0.05) is 17.5 Å². The SMILES string of the molecule is O=C(NC1Cc2ccccc2NC1=O)c1cc2ccc(Cl)nc2[nH]1. The number of benzene rings is 1. The highest BCUT2D eigenvalue weighted by Gasteiger charge is 2.27. The Balaban J connectivity index is 1.56. The molecule has 0 saturated carbocycles. The number of rotatable bonds is 2. The Morgan fingerprint density at radius 1 is 1.25 bits per heavy atom. The van der Waals surface area contributed by atoms with Crippen LogP contribution in [0.1, 0.15) is 16.1 Å². The van der Waals surface area contributed by atoms with Crippen molar-refractivity contribution in [1.82, 2.24) is 15.3 Å². The molecule has 120 valence electrons. The highest BCUT2D eigenvalue weighted by Crippen LogP contribution is 2.22. The number of fused-ring (bicyclic) bond motifs is 2. The van der Waals surface area contributed by atoms with Crippen LogP contribution in [0.15, 0.2) is 42.5 Å². The zero-order valence-corrected chi connectivity index (χ0v) is 13.2. The molecule has 0 fully saturated rings. The third kappa shape index (κ3) is 2.61. The van der Waals surface area contributed by atoms with Crippen molar-refractivity contribution in [2.75, 3.05) is 5.32 Å². The lowest BCUT2D eigenvalue weighted by atomic mass is 9.99. The van der Waals surface area contributed by atoms with Gasteiger partial charge in [0.15, 0.2) is 0 Å². The van der Waals surface area contributed by atoms with Gasteiger partial charge in [-0.05, 0) is 29.8 Å². The predicted octanol–water partition coefficient (Wildman–Crippen LogP) is 2.51. The zero-order chi connectivity index (χ0) is 16.7. The fourth-order valence-electron chi connectivity index (χ4n) is 2.81. The molecular formula is C17H13ClN4O2. The summed E-state index contributed by atoms with van der Waals surface area (Å²) in [5.41, 5.74) is 2.66. The minimum Gasteiger partial charge on any atom is -0.339 e. The van der Waals surface area contributed by atoms with E-state index in [0.717, 1.165) is 16.6 Å². The van der Waals surface area contributed by atoms with Crippen LogP contribution in [0.2, 0.25) is 5.15 Å². The van der Waals surface area contributed by atoms with Crippen molar-refractivity contribution in [2.45, 2.75) is 12.5 Å². The normalized spacial score (nSPS) is 16.5. The molecule has 1 aliphatic rings. The van der Waals surface area contributed by atoms with Crippen molar-refractivity contribution in [1.29, 1.82) is 0 Å². The van der Waals surface area contributed by atoms with Crippen LogP contribution in [0.3, 0.4) is 0 Å². The third-order valence-electron chi connectivity index (χ3n) is 4.01. The quantitative estimate of drug-likeness (QED) is 0.626. The number of hydrogen-bond donors (Lipinski definition) is 3. The van der Waals surface area contributed by atoms with E-state index >= 15 is 0 Å². The smallest absolute Gasteiger partial charge is 0.268 e. The minimum absolute atomic E-state index is 0.223. The molecule has 1 atom stereocenters. The van der Waals surface area contributed by atoms with Crippen molar-refractivity contribution in [3.63, 3.8) is 0 Å². The summed E-state index contributed by atoms with van der Waals surface area (Å²) in [5, 5.41) is 6.69. The molecule has 6 nitrogen and oxygen atoms in total. The lowest BCUT2D eigenvalue weighted by molar-refractivity contribution is -0.118. The number of carbonyl (C=O) groups excluding carboxylic acids is 2. The number of aromatic nitrogens is 2. The van der Waals surface area contributed by atoms with E-state index in [2.05, 4.69) is 20.6 Å². The van der Waals surface area contributed by atoms with Crippen molar-refractivity contribution < 1.29 is 9.59 Å². The van der Waals surface area contributed by atoms with Gasteiger partial charge in [-0.1, -0.05) is 29.8 Å². The topological polar surface area (TPSA) is 86.9 Å². The molecule has 0 bridgehead atoms. The van der Waals surface area contributed by atoms with Crippen LogP contribution in [0.25, 0.3) is 11.0 Å². The second-order valence-corrected chi connectivity index (χ2v) is 6.02. The summed E-state index contributed by atoms with van der Waals surface area (Å²) in [7, 11) is 0. The van der Waals surface area contributed by atoms with Gasteiger partial charge in [-0.25, -0.2) is 4.98 Å². The summed E-state index contributed by atoms with van der Waals surface area (Å²) < 4.78 is 0. The Morgan fingerprint density at radius 2 is 2.08 bits per heavy atom. The number of anilines is 1. The van der Waals surface area contributed by atoms with Gasteiger partial charge < -0.3 is 15.6 Å². The van der Waals surface area contributed by atoms with E-state index in [1.54, 1.807) is 18.2 Å². The van der Waals surface area contributed by atoms with E-state index < -0.39 is 6.04 Å². The van der Waals surface area contributed by atoms with Crippen LogP contribution in [0, 0.1) is 0 Å². The Kier molecular flexibility index (Phi) is 3.46. The van der Waals surface area contributed by atoms with E-state index in [0.29, 0.717) is 22.9 Å². The van der Waals surface area contributed by atoms with Gasteiger partial charge in [-0.2, -0.15) is 0 Å². The molecule has 7 heteroatoms. The van der Waals surface area contributed by atoms with Gasteiger partial charge in [0.25, 0.3) is 5.91 Å². The highest BCUT2D eigenvalue weighted by atomic mass is 35.5. The fraction of sp³-hybridized carbons (Fsp3) is 0.118. The van der Waals surface area contributed by atoms with Gasteiger partial charge >= 0.3 is 0 Å². The Morgan fingerprint density at radius 3 is 2.96 bits per heavy atom. The Bertz CT molecular complexity index is 966. The number of H-pyrrole nitrogens is 1. The monoisotopic (exact) mass is 340 g/mol. The van der Waals surface area contributed by atoms with Crippen LogP contribution in [0.5, 0.6) is 0 Å². The van der Waals surface area contributed by atoms with Gasteiger partial charge in [0.05, 0.1) is 0 Å². The molecular weight excluding hydrogens is 328 g/mol. The number of carbonyl (C=O) groups is 2. The number of halogens is 1. The summed E-state index contributed by atoms with van der Waals surface area (Å²) in [6.07, 6.45) is 0.456. The molecule has 0 saturated heterocycles. The van der Waals surface area contributed by atoms with E-state index in [9.17, 15) is 9.59 Å². The van der Waals surface area contributed by atoms with Crippen molar-refractivity contribution in [3.05, 3.63) is 58.9 Å². The van der Waals surface area contributed by atoms with Crippen LogP contribution < -0.4 is 10.6 Å². The van der Waals surface area contributed by atoms with Gasteiger partial charge in [-0.3, -0.25) is 9.59 Å². The predicted molar refractivity (Wildman–Crippen MR) is 91.1 cm³/mol. The van der Waals surface area contributed by atoms with Crippen LogP contribution in [0.4, 0.5) is 5.69 Å². The second kappa shape index (κ2) is 5.65. The molecule has 2 amide bonds. The number of para-hydroxylation sites is 1. The number of pyridine rings is 1. The number of nitrogens with one attached hydrogen (secondary N) is 3. The van der Waals surface area contributed by atoms with Gasteiger partial charge in [-0.15, -0.1) is 0 Å². The maximum atomic E-state index is 12.4. The fourth-order valence-corrected chi connectivity index (χ4v) is 2.96. The first kappa shape index (κ1) is 14.7. The molecule has 0 aliphatic carbocycles. The zero-order valence-electron chi connectivity index (χ0n) is 12.5. The summed E-state index contributed by atoms with van der Waals surface area (Å²) >= 11 is 5.85. The van der Waals surface area contributed by atoms with Crippen molar-refractivity contribution in [2.24, 2.45) is 0 Å². The van der Waals surface area contributed by atoms with Gasteiger partial charge in [0.2, 0.25) is 5.91 Å². The Labute approximate surface area is 142 Å². The summed E-state index contributed by atoms with van der Waals surface area (Å²) in [5.74, 6) is -0.581. The van der Waals surface area contributed by atoms with Crippen molar-refractivity contribution >= 4 is 40.1 Å². The number of nitrogens with zero attached hydrogens (tertiary/aromatic N) is 1. The first-order valence-corrected chi connectivity index (χ1v) is 7.83. The van der Waals surface area contributed by atoms with Crippen LogP contribution in [-0.4, -0.2) is 27.8 Å². The molecule has 3 aromatic rings. The molecule has 1 aliphatic heterocycles. The summed E-state index contributed by atoms with van der Waals surface area (Å²) in [6.45, 7) is 0. The minimum atomic E-state index is -0.615. The van der Waals surface area contributed by atoms with Crippen LogP contribution >= 0.6 is 11.6 Å². The average Bonchev–Trinajstić information content (AvgIpc) is 2.98. The first-order valence-electron chi connectivity index (χ1n) is 7.45. The maximum Gasteiger partial charge on any atom is 0.268 e. The summed E-state index contributed by atoms with van der Waals surface area (Å²) in [4.78, 5) is 31.7. The molecule has 0 spiro atoms. The molecule has 3 heterocycles. The molecule has 0 radical (unpaired) electrons. The van der Waals surface area contributed by atoms with E-state index in [1.807, 2.05) is 24.3 Å². The van der Waals surface area contributed by atoms with E-state index in [-0.39, 0.29) is 11.8 Å². The lowest BCUT2D eigenvalue weighted by Gasteiger charge is -2.25. The summed E-state index contributed by atoms with van der Waals surface area (Å²) in [6, 6.07) is 12.1. The largest absolute Gasteiger partial charge is 0.339 e. The standard InChI is InChI=1S/C17H13ClN4O2/c18-14-6-5-10-8-12(19-15(10)22-14)16(23)21-13-7-9-3-1-2-4-11(9)20-17(13)24/h1-6,8,13H,7H2,(H,19,22)(H,20,24)(H,21,23). The van der Waals surface area contributed by atoms with E-state index in [1.165, 1.54) is 0 Å². The van der Waals surface area contributed by atoms with Crippen LogP contribution in [-0.2, 0) is 11.2 Å². The average molecular weight is 341 g/mol. The molecule has 2 aromatic heterocycles. The second-order valence-electron chi connectivity index (χ2n) is 5.63. The number of aromatic amines is 1. The maximum absolute atomic E-state index is 12.4. The molecule has 3 N–H and O–H groups in total. The lowest BCUT2D eigenvalue weighted by Crippen LogP contribution is -2.47. The molecule has 1 unspecified atom stereocenters. The Hall–Kier alpha value is -2.86. The number of amides is 2. The van der Waals surface area contributed by atoms with E-state index in [4.69, 9.17) is 11.6 Å². The van der Waals surface area contributed by atoms with Crippen molar-refractivity contribution in [3.8, 4) is 0 Å². The molecule has 4 rings (SSSR count). The highest BCUT2D eigenvalue weighted by molar-refractivity contribution is 6.29. The molecule has 24 heavy (non-hydrogen) atoms. The number of hydrogen-bond acceptors (Lipinski definition) is 3. The first-order chi connectivity index (χ1) is 11.6. The molecule has 1 aromatic carbocycles. The third-order valence-corrected chi connectivity index (χ3v) is 4.22.